The Kier molecular flexibility index (Phi) is 4.85. The molecule has 1 aromatic carbocycles. The molecule has 0 bridgehead atoms. The van der Waals surface area contributed by atoms with Crippen LogP contribution in [0.1, 0.15) is 49.1 Å². The molecule has 0 saturated carbocycles. The molecule has 1 heterocycles. The SMILES string of the molecule is CCOc1cc(C)c(C=Nn2cc(C)nc2N)cc1C(C)C. The number of hydrogen-bond donors (Lipinski definition) is 1. The van der Waals surface area contributed by atoms with Gasteiger partial charge in [0.25, 0.3) is 0 Å². The summed E-state index contributed by atoms with van der Waals surface area (Å²) in [6.45, 7) is 10.9. The summed E-state index contributed by atoms with van der Waals surface area (Å²) < 4.78 is 7.32. The van der Waals surface area contributed by atoms with Crippen molar-refractivity contribution in [2.45, 2.75) is 40.5 Å². The molecule has 0 aliphatic carbocycles. The van der Waals surface area contributed by atoms with Crippen LogP contribution in [0.3, 0.4) is 0 Å². The number of nitrogens with two attached hydrogens (primary N) is 1. The molecule has 0 atom stereocenters. The molecule has 0 unspecified atom stereocenters. The van der Waals surface area contributed by atoms with E-state index in [1.807, 2.05) is 20.1 Å². The first kappa shape index (κ1) is 16.1. The van der Waals surface area contributed by atoms with Crippen molar-refractivity contribution >= 4 is 12.2 Å². The van der Waals surface area contributed by atoms with Gasteiger partial charge in [-0.1, -0.05) is 13.8 Å². The number of rotatable bonds is 5. The maximum atomic E-state index is 5.80. The Bertz CT molecular complexity index is 686. The number of nitrogens with zero attached hydrogens (tertiary/aromatic N) is 3. The Morgan fingerprint density at radius 3 is 2.64 bits per heavy atom. The standard InChI is InChI=1S/C17H24N4O/c1-6-22-16-7-12(4)14(8-15(16)11(2)3)9-19-21-10-13(5)20-17(21)18/h7-11H,6H2,1-5H3,(H2,18,20). The molecule has 5 heteroatoms. The highest BCUT2D eigenvalue weighted by molar-refractivity contribution is 5.82. The summed E-state index contributed by atoms with van der Waals surface area (Å²) in [5.41, 5.74) is 10.0. The van der Waals surface area contributed by atoms with Crippen LogP contribution in [0.15, 0.2) is 23.4 Å². The number of aryl methyl sites for hydroxylation is 2. The van der Waals surface area contributed by atoms with Gasteiger partial charge in [0.15, 0.2) is 0 Å². The first-order valence-electron chi connectivity index (χ1n) is 7.55. The number of aromatic nitrogens is 2. The molecule has 0 amide bonds. The van der Waals surface area contributed by atoms with Crippen LogP contribution in [-0.2, 0) is 0 Å². The van der Waals surface area contributed by atoms with Gasteiger partial charge >= 0.3 is 0 Å². The van der Waals surface area contributed by atoms with Crippen LogP contribution in [-0.4, -0.2) is 22.5 Å². The highest BCUT2D eigenvalue weighted by Crippen LogP contribution is 2.29. The Morgan fingerprint density at radius 2 is 2.09 bits per heavy atom. The fourth-order valence-electron chi connectivity index (χ4n) is 2.31. The largest absolute Gasteiger partial charge is 0.494 e. The Labute approximate surface area is 131 Å². The second kappa shape index (κ2) is 6.64. The van der Waals surface area contributed by atoms with Gasteiger partial charge in [0, 0.05) is 0 Å². The third-order valence-corrected chi connectivity index (χ3v) is 3.48. The first-order valence-corrected chi connectivity index (χ1v) is 7.55. The average Bonchev–Trinajstić information content (AvgIpc) is 2.76. The molecular formula is C17H24N4O. The number of hydrogen-bond acceptors (Lipinski definition) is 4. The van der Waals surface area contributed by atoms with E-state index in [9.17, 15) is 0 Å². The topological polar surface area (TPSA) is 65.4 Å². The zero-order valence-corrected chi connectivity index (χ0v) is 13.9. The molecule has 0 saturated heterocycles. The van der Waals surface area contributed by atoms with Crippen molar-refractivity contribution in [2.75, 3.05) is 12.3 Å². The summed E-state index contributed by atoms with van der Waals surface area (Å²) in [5.74, 6) is 1.72. The zero-order chi connectivity index (χ0) is 16.3. The molecular weight excluding hydrogens is 276 g/mol. The van der Waals surface area contributed by atoms with Crippen molar-refractivity contribution in [3.05, 3.63) is 40.7 Å². The van der Waals surface area contributed by atoms with Crippen molar-refractivity contribution in [1.29, 1.82) is 0 Å². The molecule has 0 fully saturated rings. The first-order chi connectivity index (χ1) is 10.4. The third-order valence-electron chi connectivity index (χ3n) is 3.48. The van der Waals surface area contributed by atoms with Crippen molar-refractivity contribution in [2.24, 2.45) is 5.10 Å². The molecule has 0 spiro atoms. The van der Waals surface area contributed by atoms with Gasteiger partial charge in [-0.15, -0.1) is 0 Å². The summed E-state index contributed by atoms with van der Waals surface area (Å²) in [5, 5.41) is 4.40. The van der Waals surface area contributed by atoms with Gasteiger partial charge in [-0.3, -0.25) is 0 Å². The lowest BCUT2D eigenvalue weighted by molar-refractivity contribution is 0.335. The predicted molar refractivity (Wildman–Crippen MR) is 90.8 cm³/mol. The van der Waals surface area contributed by atoms with Gasteiger partial charge < -0.3 is 10.5 Å². The van der Waals surface area contributed by atoms with Crippen molar-refractivity contribution in [3.63, 3.8) is 0 Å². The molecule has 5 nitrogen and oxygen atoms in total. The van der Waals surface area contributed by atoms with E-state index in [2.05, 4.69) is 43.0 Å². The predicted octanol–water partition coefficient (Wildman–Crippen LogP) is 3.49. The minimum Gasteiger partial charge on any atom is -0.494 e. The lowest BCUT2D eigenvalue weighted by Gasteiger charge is -2.15. The molecule has 2 N–H and O–H groups in total. The zero-order valence-electron chi connectivity index (χ0n) is 13.9. The van der Waals surface area contributed by atoms with E-state index >= 15 is 0 Å². The van der Waals surface area contributed by atoms with E-state index in [-0.39, 0.29) is 0 Å². The van der Waals surface area contributed by atoms with Gasteiger partial charge in [-0.2, -0.15) is 5.10 Å². The Hall–Kier alpha value is -2.30. The minimum absolute atomic E-state index is 0.384. The van der Waals surface area contributed by atoms with Gasteiger partial charge in [0.2, 0.25) is 5.95 Å². The van der Waals surface area contributed by atoms with Crippen LogP contribution in [0.4, 0.5) is 5.95 Å². The monoisotopic (exact) mass is 300 g/mol. The fourth-order valence-corrected chi connectivity index (χ4v) is 2.31. The molecule has 0 aliphatic heterocycles. The van der Waals surface area contributed by atoms with E-state index in [1.54, 1.807) is 10.9 Å². The normalized spacial score (nSPS) is 11.5. The van der Waals surface area contributed by atoms with E-state index < -0.39 is 0 Å². The summed E-state index contributed by atoms with van der Waals surface area (Å²) in [6, 6.07) is 4.21. The maximum Gasteiger partial charge on any atom is 0.221 e. The second-order valence-corrected chi connectivity index (χ2v) is 5.66. The summed E-state index contributed by atoms with van der Waals surface area (Å²) in [4.78, 5) is 4.14. The average molecular weight is 300 g/mol. The van der Waals surface area contributed by atoms with E-state index in [0.29, 0.717) is 18.5 Å². The lowest BCUT2D eigenvalue weighted by atomic mass is 9.97. The van der Waals surface area contributed by atoms with E-state index in [0.717, 1.165) is 22.6 Å². The lowest BCUT2D eigenvalue weighted by Crippen LogP contribution is -2.02. The number of benzene rings is 1. The molecule has 0 radical (unpaired) electrons. The van der Waals surface area contributed by atoms with Gasteiger partial charge in [0.1, 0.15) is 5.75 Å². The Morgan fingerprint density at radius 1 is 1.36 bits per heavy atom. The smallest absolute Gasteiger partial charge is 0.221 e. The van der Waals surface area contributed by atoms with Crippen LogP contribution in [0, 0.1) is 13.8 Å². The fraction of sp³-hybridized carbons (Fsp3) is 0.412. The van der Waals surface area contributed by atoms with Gasteiger partial charge in [-0.05, 0) is 55.5 Å². The third kappa shape index (κ3) is 3.47. The molecule has 0 aliphatic rings. The van der Waals surface area contributed by atoms with Crippen LogP contribution < -0.4 is 10.5 Å². The number of imidazole rings is 1. The molecule has 2 rings (SSSR count). The summed E-state index contributed by atoms with van der Waals surface area (Å²) >= 11 is 0. The number of nitrogen functional groups attached to an aromatic ring is 1. The van der Waals surface area contributed by atoms with Crippen molar-refractivity contribution in [1.82, 2.24) is 9.66 Å². The van der Waals surface area contributed by atoms with Crippen LogP contribution in [0.5, 0.6) is 5.75 Å². The summed E-state index contributed by atoms with van der Waals surface area (Å²) in [7, 11) is 0. The van der Waals surface area contributed by atoms with Crippen molar-refractivity contribution < 1.29 is 4.74 Å². The summed E-state index contributed by atoms with van der Waals surface area (Å²) in [6.07, 6.45) is 3.62. The van der Waals surface area contributed by atoms with Gasteiger partial charge in [-0.25, -0.2) is 9.66 Å². The van der Waals surface area contributed by atoms with Gasteiger partial charge in [0.05, 0.1) is 24.7 Å². The van der Waals surface area contributed by atoms with E-state index in [1.165, 1.54) is 5.56 Å². The maximum absolute atomic E-state index is 5.80. The Balaban J connectivity index is 2.38. The number of ether oxygens (including phenoxy) is 1. The van der Waals surface area contributed by atoms with Crippen LogP contribution >= 0.6 is 0 Å². The van der Waals surface area contributed by atoms with Crippen molar-refractivity contribution in [3.8, 4) is 5.75 Å². The van der Waals surface area contributed by atoms with Crippen LogP contribution in [0.2, 0.25) is 0 Å². The van der Waals surface area contributed by atoms with Crippen LogP contribution in [0.25, 0.3) is 0 Å². The minimum atomic E-state index is 0.384. The molecule has 1 aromatic heterocycles. The number of anilines is 1. The molecule has 22 heavy (non-hydrogen) atoms. The highest BCUT2D eigenvalue weighted by atomic mass is 16.5. The molecule has 118 valence electrons. The quantitative estimate of drug-likeness (QED) is 0.860. The highest BCUT2D eigenvalue weighted by Gasteiger charge is 2.11. The molecule has 2 aromatic rings. The second-order valence-electron chi connectivity index (χ2n) is 5.66. The van der Waals surface area contributed by atoms with E-state index in [4.69, 9.17) is 10.5 Å².